The van der Waals surface area contributed by atoms with Crippen LogP contribution in [0.1, 0.15) is 41.4 Å². The smallest absolute Gasteiger partial charge is 0.268 e. The van der Waals surface area contributed by atoms with Crippen LogP contribution in [0.2, 0.25) is 5.02 Å². The lowest BCUT2D eigenvalue weighted by Gasteiger charge is -2.27. The largest absolute Gasteiger partial charge is 0.493 e. The first kappa shape index (κ1) is 18.0. The summed E-state index contributed by atoms with van der Waals surface area (Å²) < 4.78 is 7.78. The van der Waals surface area contributed by atoms with Crippen molar-refractivity contribution in [3.8, 4) is 5.75 Å². The Balaban J connectivity index is 1.39. The lowest BCUT2D eigenvalue weighted by molar-refractivity contribution is 0.0917. The summed E-state index contributed by atoms with van der Waals surface area (Å²) in [6.45, 7) is 0.611. The SMILES string of the molecule is Cn1c(C(=O)NC2CCOc3cc(SC4CC4)ccc32)cc2ccc(Cl)cc21. The first-order valence-electron chi connectivity index (χ1n) is 9.58. The van der Waals surface area contributed by atoms with Gasteiger partial charge in [-0.15, -0.1) is 11.8 Å². The number of carbonyl (C=O) groups excluding carboxylic acids is 1. The van der Waals surface area contributed by atoms with Gasteiger partial charge in [0, 0.05) is 45.1 Å². The third-order valence-electron chi connectivity index (χ3n) is 5.40. The summed E-state index contributed by atoms with van der Waals surface area (Å²) in [7, 11) is 1.90. The van der Waals surface area contributed by atoms with Gasteiger partial charge in [0.05, 0.1) is 12.6 Å². The van der Waals surface area contributed by atoms with Crippen molar-refractivity contribution in [2.24, 2.45) is 7.05 Å². The molecule has 1 aliphatic heterocycles. The Kier molecular flexibility index (Phi) is 4.52. The highest BCUT2D eigenvalue weighted by Crippen LogP contribution is 2.42. The monoisotopic (exact) mass is 412 g/mol. The van der Waals surface area contributed by atoms with E-state index in [1.165, 1.54) is 17.7 Å². The minimum absolute atomic E-state index is 0.0437. The molecule has 1 atom stereocenters. The maximum atomic E-state index is 13.0. The highest BCUT2D eigenvalue weighted by atomic mass is 35.5. The Morgan fingerprint density at radius 3 is 2.86 bits per heavy atom. The summed E-state index contributed by atoms with van der Waals surface area (Å²) in [5, 5.41) is 5.63. The molecule has 0 spiro atoms. The zero-order chi connectivity index (χ0) is 19.3. The molecule has 2 aliphatic rings. The molecule has 6 heteroatoms. The van der Waals surface area contributed by atoms with Crippen molar-refractivity contribution in [3.63, 3.8) is 0 Å². The number of rotatable bonds is 4. The molecule has 2 heterocycles. The third-order valence-corrected chi connectivity index (χ3v) is 6.96. The van der Waals surface area contributed by atoms with E-state index in [1.54, 1.807) is 0 Å². The number of amides is 1. The van der Waals surface area contributed by atoms with Crippen molar-refractivity contribution in [3.05, 3.63) is 58.7 Å². The van der Waals surface area contributed by atoms with Crippen LogP contribution in [0.4, 0.5) is 0 Å². The zero-order valence-corrected chi connectivity index (χ0v) is 17.1. The topological polar surface area (TPSA) is 43.3 Å². The number of hydrogen-bond acceptors (Lipinski definition) is 3. The van der Waals surface area contributed by atoms with Crippen molar-refractivity contribution in [2.75, 3.05) is 6.61 Å². The molecular formula is C22H21ClN2O2S. The predicted molar refractivity (Wildman–Crippen MR) is 114 cm³/mol. The number of aromatic nitrogens is 1. The summed E-state index contributed by atoms with van der Waals surface area (Å²) in [5.41, 5.74) is 2.64. The number of benzene rings is 2. The van der Waals surface area contributed by atoms with Gasteiger partial charge in [-0.2, -0.15) is 0 Å². The van der Waals surface area contributed by atoms with Gasteiger partial charge in [-0.25, -0.2) is 0 Å². The van der Waals surface area contributed by atoms with E-state index < -0.39 is 0 Å². The lowest BCUT2D eigenvalue weighted by atomic mass is 10.0. The zero-order valence-electron chi connectivity index (χ0n) is 15.6. The molecule has 4 nitrogen and oxygen atoms in total. The van der Waals surface area contributed by atoms with Crippen molar-refractivity contribution in [1.29, 1.82) is 0 Å². The van der Waals surface area contributed by atoms with Crippen LogP contribution in [0.25, 0.3) is 10.9 Å². The summed E-state index contributed by atoms with van der Waals surface area (Å²) in [6.07, 6.45) is 3.37. The average molecular weight is 413 g/mol. The van der Waals surface area contributed by atoms with Crippen LogP contribution in [-0.4, -0.2) is 22.3 Å². The standard InChI is InChI=1S/C22H21ClN2O2S/c1-25-19-11-14(23)3-2-13(19)10-20(25)22(26)24-18-8-9-27-21-12-16(6-7-17(18)21)28-15-4-5-15/h2-3,6-7,10-12,15,18H,4-5,8-9H2,1H3,(H,24,26). The number of fused-ring (bicyclic) bond motifs is 2. The molecular weight excluding hydrogens is 392 g/mol. The van der Waals surface area contributed by atoms with E-state index in [2.05, 4.69) is 23.5 Å². The fourth-order valence-electron chi connectivity index (χ4n) is 3.72. The van der Waals surface area contributed by atoms with Crippen LogP contribution in [0, 0.1) is 0 Å². The molecule has 144 valence electrons. The highest BCUT2D eigenvalue weighted by molar-refractivity contribution is 8.00. The minimum atomic E-state index is -0.0795. The van der Waals surface area contributed by atoms with E-state index in [0.717, 1.165) is 33.9 Å². The van der Waals surface area contributed by atoms with E-state index in [0.29, 0.717) is 17.3 Å². The first-order chi connectivity index (χ1) is 13.6. The Bertz CT molecular complexity index is 1070. The number of aryl methyl sites for hydroxylation is 1. The number of nitrogens with one attached hydrogen (secondary N) is 1. The van der Waals surface area contributed by atoms with Gasteiger partial charge in [0.15, 0.2) is 0 Å². The van der Waals surface area contributed by atoms with Crippen LogP contribution in [0.15, 0.2) is 47.4 Å². The van der Waals surface area contributed by atoms with Crippen LogP contribution in [0.3, 0.4) is 0 Å². The summed E-state index contributed by atoms with van der Waals surface area (Å²) in [6, 6.07) is 13.9. The van der Waals surface area contributed by atoms with Crippen LogP contribution >= 0.6 is 23.4 Å². The first-order valence-corrected chi connectivity index (χ1v) is 10.8. The normalized spacial score (nSPS) is 18.6. The number of hydrogen-bond donors (Lipinski definition) is 1. The fourth-order valence-corrected chi connectivity index (χ4v) is 4.97. The Labute approximate surface area is 173 Å². The molecule has 3 aromatic rings. The molecule has 1 amide bonds. The second-order valence-electron chi connectivity index (χ2n) is 7.47. The van der Waals surface area contributed by atoms with Gasteiger partial charge in [0.1, 0.15) is 11.4 Å². The van der Waals surface area contributed by atoms with Gasteiger partial charge in [0.25, 0.3) is 5.91 Å². The Morgan fingerprint density at radius 1 is 1.18 bits per heavy atom. The van der Waals surface area contributed by atoms with Gasteiger partial charge in [-0.3, -0.25) is 4.79 Å². The third kappa shape index (κ3) is 3.38. The molecule has 1 N–H and O–H groups in total. The highest BCUT2D eigenvalue weighted by Gasteiger charge is 2.27. The van der Waals surface area contributed by atoms with Gasteiger partial charge < -0.3 is 14.6 Å². The molecule has 1 aliphatic carbocycles. The number of nitrogens with zero attached hydrogens (tertiary/aromatic N) is 1. The number of halogens is 1. The minimum Gasteiger partial charge on any atom is -0.493 e. The molecule has 0 radical (unpaired) electrons. The van der Waals surface area contributed by atoms with Gasteiger partial charge in [-0.05, 0) is 43.2 Å². The van der Waals surface area contributed by atoms with Gasteiger partial charge >= 0.3 is 0 Å². The number of ether oxygens (including phenoxy) is 1. The van der Waals surface area contributed by atoms with Crippen LogP contribution < -0.4 is 10.1 Å². The van der Waals surface area contributed by atoms with Gasteiger partial charge in [0.2, 0.25) is 0 Å². The van der Waals surface area contributed by atoms with Crippen molar-refractivity contribution in [1.82, 2.24) is 9.88 Å². The molecule has 2 aromatic carbocycles. The van der Waals surface area contributed by atoms with Gasteiger partial charge in [-0.1, -0.05) is 23.7 Å². The fraction of sp³-hybridized carbons (Fsp3) is 0.318. The van der Waals surface area contributed by atoms with Crippen LogP contribution in [-0.2, 0) is 7.05 Å². The second-order valence-corrected chi connectivity index (χ2v) is 9.28. The lowest BCUT2D eigenvalue weighted by Crippen LogP contribution is -2.33. The summed E-state index contributed by atoms with van der Waals surface area (Å²) in [4.78, 5) is 14.3. The molecule has 1 fully saturated rings. The maximum absolute atomic E-state index is 13.0. The van der Waals surface area contributed by atoms with E-state index >= 15 is 0 Å². The number of thioether (sulfide) groups is 1. The molecule has 28 heavy (non-hydrogen) atoms. The number of carbonyl (C=O) groups is 1. The van der Waals surface area contributed by atoms with Crippen molar-refractivity contribution in [2.45, 2.75) is 35.4 Å². The maximum Gasteiger partial charge on any atom is 0.268 e. The molecule has 0 saturated heterocycles. The van der Waals surface area contributed by atoms with E-state index in [4.69, 9.17) is 16.3 Å². The van der Waals surface area contributed by atoms with Crippen molar-refractivity contribution < 1.29 is 9.53 Å². The van der Waals surface area contributed by atoms with E-state index in [-0.39, 0.29) is 11.9 Å². The van der Waals surface area contributed by atoms with Crippen LogP contribution in [0.5, 0.6) is 5.75 Å². The predicted octanol–water partition coefficient (Wildman–Crippen LogP) is 5.34. The summed E-state index contributed by atoms with van der Waals surface area (Å²) in [5.74, 6) is 0.815. The molecule has 5 rings (SSSR count). The van der Waals surface area contributed by atoms with Crippen molar-refractivity contribution >= 4 is 40.2 Å². The molecule has 1 saturated carbocycles. The Hall–Kier alpha value is -2.11. The second kappa shape index (κ2) is 7.05. The van der Waals surface area contributed by atoms with E-state index in [1.807, 2.05) is 47.6 Å². The average Bonchev–Trinajstić information content (AvgIpc) is 3.44. The quantitative estimate of drug-likeness (QED) is 0.629. The molecule has 1 aromatic heterocycles. The molecule has 0 bridgehead atoms. The van der Waals surface area contributed by atoms with E-state index in [9.17, 15) is 4.79 Å². The Morgan fingerprint density at radius 2 is 2.04 bits per heavy atom. The molecule has 1 unspecified atom stereocenters. The summed E-state index contributed by atoms with van der Waals surface area (Å²) >= 11 is 8.03.